The van der Waals surface area contributed by atoms with Crippen LogP contribution in [0, 0.1) is 0 Å². The molecule has 0 fully saturated rings. The van der Waals surface area contributed by atoms with Crippen LogP contribution in [0.5, 0.6) is 0 Å². The minimum atomic E-state index is 0.122. The first-order chi connectivity index (χ1) is 12.7. The minimum Gasteiger partial charge on any atom is -0.396 e. The van der Waals surface area contributed by atoms with Gasteiger partial charge in [0.2, 0.25) is 5.95 Å². The number of hydrogen-bond acceptors (Lipinski definition) is 6. The van der Waals surface area contributed by atoms with Gasteiger partial charge in [-0.2, -0.15) is 4.98 Å². The molecule has 3 aromatic rings. The second-order valence-electron chi connectivity index (χ2n) is 5.69. The predicted molar refractivity (Wildman–Crippen MR) is 104 cm³/mol. The van der Waals surface area contributed by atoms with Gasteiger partial charge in [-0.05, 0) is 36.2 Å². The maximum Gasteiger partial charge on any atom is 0.225 e. The molecule has 2 heterocycles. The van der Waals surface area contributed by atoms with Gasteiger partial charge in [-0.25, -0.2) is 4.98 Å². The maximum absolute atomic E-state index is 8.95. The third kappa shape index (κ3) is 5.15. The van der Waals surface area contributed by atoms with E-state index in [1.807, 2.05) is 42.5 Å². The molecule has 0 spiro atoms. The largest absolute Gasteiger partial charge is 0.396 e. The Kier molecular flexibility index (Phi) is 6.35. The first-order valence-corrected chi connectivity index (χ1v) is 8.75. The molecule has 0 amide bonds. The number of nitrogens with one attached hydrogen (secondary N) is 2. The van der Waals surface area contributed by atoms with E-state index in [-0.39, 0.29) is 6.61 Å². The average Bonchev–Trinajstić information content (AvgIpc) is 2.67. The van der Waals surface area contributed by atoms with E-state index in [2.05, 4.69) is 25.6 Å². The Morgan fingerprint density at radius 2 is 1.85 bits per heavy atom. The van der Waals surface area contributed by atoms with Crippen LogP contribution in [0.3, 0.4) is 0 Å². The number of halogens is 1. The van der Waals surface area contributed by atoms with Gasteiger partial charge in [0.25, 0.3) is 0 Å². The Bertz CT molecular complexity index is 844. The summed E-state index contributed by atoms with van der Waals surface area (Å²) < 4.78 is 0. The topological polar surface area (TPSA) is 83.0 Å². The van der Waals surface area contributed by atoms with Crippen molar-refractivity contribution in [1.82, 2.24) is 15.0 Å². The Hall–Kier alpha value is -2.70. The molecule has 6 nitrogen and oxygen atoms in total. The molecular weight excluding hydrogens is 350 g/mol. The fourth-order valence-corrected chi connectivity index (χ4v) is 2.62. The molecule has 1 aromatic carbocycles. The summed E-state index contributed by atoms with van der Waals surface area (Å²) >= 11 is 6.04. The number of hydrogen-bond donors (Lipinski definition) is 3. The summed E-state index contributed by atoms with van der Waals surface area (Å²) in [7, 11) is 0. The first-order valence-electron chi connectivity index (χ1n) is 8.37. The highest BCUT2D eigenvalue weighted by molar-refractivity contribution is 6.30. The van der Waals surface area contributed by atoms with Crippen molar-refractivity contribution in [3.63, 3.8) is 0 Å². The summed E-state index contributed by atoms with van der Waals surface area (Å²) in [6.07, 6.45) is 4.10. The van der Waals surface area contributed by atoms with Crippen molar-refractivity contribution >= 4 is 23.4 Å². The molecule has 0 aliphatic carbocycles. The molecule has 0 saturated heterocycles. The van der Waals surface area contributed by atoms with Crippen LogP contribution < -0.4 is 10.6 Å². The highest BCUT2D eigenvalue weighted by atomic mass is 35.5. The molecular formula is C19H20ClN5O. The van der Waals surface area contributed by atoms with Crippen molar-refractivity contribution in [3.05, 3.63) is 65.4 Å². The number of aliphatic hydroxyl groups is 1. The number of anilines is 2. The molecule has 26 heavy (non-hydrogen) atoms. The van der Waals surface area contributed by atoms with Gasteiger partial charge in [-0.15, -0.1) is 0 Å². The quantitative estimate of drug-likeness (QED) is 0.526. The Balaban J connectivity index is 1.81. The lowest BCUT2D eigenvalue weighted by Crippen LogP contribution is -2.10. The second kappa shape index (κ2) is 9.12. The van der Waals surface area contributed by atoms with Gasteiger partial charge in [-0.3, -0.25) is 4.98 Å². The summed E-state index contributed by atoms with van der Waals surface area (Å²) in [6, 6.07) is 13.4. The lowest BCUT2D eigenvalue weighted by Gasteiger charge is -2.11. The van der Waals surface area contributed by atoms with Crippen molar-refractivity contribution in [2.45, 2.75) is 13.0 Å². The van der Waals surface area contributed by atoms with Crippen LogP contribution in [-0.4, -0.2) is 33.2 Å². The number of pyridine rings is 1. The zero-order chi connectivity index (χ0) is 18.2. The molecule has 0 aliphatic rings. The third-order valence-electron chi connectivity index (χ3n) is 3.68. The van der Waals surface area contributed by atoms with E-state index in [9.17, 15) is 0 Å². The van der Waals surface area contributed by atoms with Crippen molar-refractivity contribution in [3.8, 4) is 11.3 Å². The van der Waals surface area contributed by atoms with Crippen molar-refractivity contribution in [2.75, 3.05) is 23.8 Å². The van der Waals surface area contributed by atoms with Crippen molar-refractivity contribution < 1.29 is 5.11 Å². The highest BCUT2D eigenvalue weighted by Crippen LogP contribution is 2.21. The maximum atomic E-state index is 8.95. The van der Waals surface area contributed by atoms with Crippen LogP contribution in [-0.2, 0) is 6.54 Å². The fourth-order valence-electron chi connectivity index (χ4n) is 2.41. The molecule has 0 unspecified atom stereocenters. The van der Waals surface area contributed by atoms with Gasteiger partial charge in [0.15, 0.2) is 0 Å². The predicted octanol–water partition coefficient (Wildman–Crippen LogP) is 3.60. The molecule has 0 radical (unpaired) electrons. The van der Waals surface area contributed by atoms with E-state index >= 15 is 0 Å². The number of nitrogens with zero attached hydrogens (tertiary/aromatic N) is 3. The normalized spacial score (nSPS) is 10.5. The van der Waals surface area contributed by atoms with E-state index in [1.54, 1.807) is 12.4 Å². The van der Waals surface area contributed by atoms with Crippen LogP contribution in [0.4, 0.5) is 11.8 Å². The number of aliphatic hydroxyl groups excluding tert-OH is 1. The monoisotopic (exact) mass is 369 g/mol. The molecule has 3 rings (SSSR count). The van der Waals surface area contributed by atoms with Crippen LogP contribution in [0.1, 0.15) is 12.0 Å². The SMILES string of the molecule is OCCCNc1nc(NCc2cccc(Cl)c2)cc(-c2ccncc2)n1. The summed E-state index contributed by atoms with van der Waals surface area (Å²) in [5, 5.41) is 16.1. The van der Waals surface area contributed by atoms with Crippen LogP contribution in [0.2, 0.25) is 5.02 Å². The number of benzene rings is 1. The standard InChI is InChI=1S/C19H20ClN5O/c20-16-4-1-3-14(11-16)13-23-18-12-17(15-5-8-21-9-6-15)24-19(25-18)22-7-2-10-26/h1,3-6,8-9,11-12,26H,2,7,10,13H2,(H2,22,23,24,25). The van der Waals surface area contributed by atoms with Gasteiger partial charge in [0.1, 0.15) is 5.82 Å². The minimum absolute atomic E-state index is 0.122. The lowest BCUT2D eigenvalue weighted by molar-refractivity contribution is 0.292. The number of rotatable bonds is 8. The van der Waals surface area contributed by atoms with Crippen LogP contribution >= 0.6 is 11.6 Å². The lowest BCUT2D eigenvalue weighted by atomic mass is 10.2. The molecule has 0 atom stereocenters. The molecule has 0 saturated carbocycles. The Morgan fingerprint density at radius 1 is 1.00 bits per heavy atom. The highest BCUT2D eigenvalue weighted by Gasteiger charge is 2.07. The zero-order valence-electron chi connectivity index (χ0n) is 14.2. The molecule has 2 aromatic heterocycles. The van der Waals surface area contributed by atoms with Gasteiger partial charge in [0, 0.05) is 48.7 Å². The van der Waals surface area contributed by atoms with E-state index < -0.39 is 0 Å². The summed E-state index contributed by atoms with van der Waals surface area (Å²) in [4.78, 5) is 13.1. The van der Waals surface area contributed by atoms with E-state index in [4.69, 9.17) is 16.7 Å². The molecule has 134 valence electrons. The molecule has 0 aliphatic heterocycles. The van der Waals surface area contributed by atoms with Gasteiger partial charge in [0.05, 0.1) is 5.69 Å². The van der Waals surface area contributed by atoms with E-state index in [1.165, 1.54) is 0 Å². The Morgan fingerprint density at radius 3 is 2.62 bits per heavy atom. The first kappa shape index (κ1) is 18.1. The van der Waals surface area contributed by atoms with Gasteiger partial charge >= 0.3 is 0 Å². The van der Waals surface area contributed by atoms with Gasteiger partial charge in [-0.1, -0.05) is 23.7 Å². The van der Waals surface area contributed by atoms with E-state index in [0.717, 1.165) is 16.8 Å². The van der Waals surface area contributed by atoms with E-state index in [0.29, 0.717) is 36.3 Å². The average molecular weight is 370 g/mol. The second-order valence-corrected chi connectivity index (χ2v) is 6.12. The van der Waals surface area contributed by atoms with Crippen molar-refractivity contribution in [2.24, 2.45) is 0 Å². The smallest absolute Gasteiger partial charge is 0.225 e. The summed E-state index contributed by atoms with van der Waals surface area (Å²) in [5.41, 5.74) is 2.82. The van der Waals surface area contributed by atoms with Crippen LogP contribution in [0.25, 0.3) is 11.3 Å². The summed E-state index contributed by atoms with van der Waals surface area (Å²) in [6.45, 7) is 1.32. The molecule has 0 bridgehead atoms. The summed E-state index contributed by atoms with van der Waals surface area (Å²) in [5.74, 6) is 1.22. The zero-order valence-corrected chi connectivity index (χ0v) is 14.9. The van der Waals surface area contributed by atoms with Crippen LogP contribution in [0.15, 0.2) is 54.9 Å². The van der Waals surface area contributed by atoms with Gasteiger partial charge < -0.3 is 15.7 Å². The molecule has 3 N–H and O–H groups in total. The van der Waals surface area contributed by atoms with Crippen molar-refractivity contribution in [1.29, 1.82) is 0 Å². The third-order valence-corrected chi connectivity index (χ3v) is 3.92. The Labute approximate surface area is 157 Å². The fraction of sp³-hybridized carbons (Fsp3) is 0.211. The number of aromatic nitrogens is 3. The molecule has 7 heteroatoms.